The molecule has 0 aliphatic carbocycles. The third-order valence-electron chi connectivity index (χ3n) is 3.29. The molecule has 0 saturated carbocycles. The van der Waals surface area contributed by atoms with E-state index >= 15 is 0 Å². The number of aryl methyl sites for hydroxylation is 2. The molecule has 0 spiro atoms. The van der Waals surface area contributed by atoms with Crippen molar-refractivity contribution in [2.45, 2.75) is 39.6 Å². The number of nitrogens with one attached hydrogen (secondary N) is 1. The second-order valence-electron chi connectivity index (χ2n) is 6.23. The summed E-state index contributed by atoms with van der Waals surface area (Å²) in [5.41, 5.74) is 4.58. The largest absolute Gasteiger partial charge is 0.491 e. The number of carbonyl (C=O) groups is 1. The van der Waals surface area contributed by atoms with Gasteiger partial charge in [-0.25, -0.2) is 0 Å². The van der Waals surface area contributed by atoms with Crippen LogP contribution in [0.5, 0.6) is 5.75 Å². The zero-order valence-corrected chi connectivity index (χ0v) is 15.6. The van der Waals surface area contributed by atoms with Crippen molar-refractivity contribution in [3.63, 3.8) is 0 Å². The van der Waals surface area contributed by atoms with Crippen LogP contribution in [-0.4, -0.2) is 17.8 Å². The van der Waals surface area contributed by atoms with E-state index in [2.05, 4.69) is 37.4 Å². The van der Waals surface area contributed by atoms with Gasteiger partial charge in [-0.1, -0.05) is 29.3 Å². The summed E-state index contributed by atoms with van der Waals surface area (Å²) in [5.74, 6) is 2.11. The van der Waals surface area contributed by atoms with Gasteiger partial charge in [0.15, 0.2) is 0 Å². The van der Waals surface area contributed by atoms with Gasteiger partial charge in [-0.3, -0.25) is 4.79 Å². The lowest BCUT2D eigenvalue weighted by molar-refractivity contribution is -0.113. The summed E-state index contributed by atoms with van der Waals surface area (Å²) in [5, 5.41) is 2.92. The summed E-state index contributed by atoms with van der Waals surface area (Å²) in [6.45, 7) is 8.17. The average molecular weight is 343 g/mol. The lowest BCUT2D eigenvalue weighted by atomic mass is 10.1. The second-order valence-corrected chi connectivity index (χ2v) is 7.21. The van der Waals surface area contributed by atoms with Crippen molar-refractivity contribution in [1.29, 1.82) is 0 Å². The van der Waals surface area contributed by atoms with Crippen LogP contribution in [0, 0.1) is 13.8 Å². The Morgan fingerprint density at radius 3 is 2.29 bits per heavy atom. The number of anilines is 1. The molecule has 0 aromatic heterocycles. The molecule has 0 fully saturated rings. The van der Waals surface area contributed by atoms with Gasteiger partial charge >= 0.3 is 0 Å². The molecule has 24 heavy (non-hydrogen) atoms. The van der Waals surface area contributed by atoms with Gasteiger partial charge < -0.3 is 10.1 Å². The maximum absolute atomic E-state index is 12.0. The zero-order chi connectivity index (χ0) is 17.5. The fourth-order valence-electron chi connectivity index (χ4n) is 2.50. The van der Waals surface area contributed by atoms with Crippen molar-refractivity contribution in [2.24, 2.45) is 0 Å². The minimum absolute atomic E-state index is 0.0157. The minimum atomic E-state index is 0.0157. The van der Waals surface area contributed by atoms with E-state index < -0.39 is 0 Å². The van der Waals surface area contributed by atoms with Gasteiger partial charge in [0.05, 0.1) is 11.9 Å². The highest BCUT2D eigenvalue weighted by atomic mass is 32.2. The molecule has 0 aliphatic heterocycles. The number of amides is 1. The van der Waals surface area contributed by atoms with E-state index in [9.17, 15) is 4.79 Å². The van der Waals surface area contributed by atoms with Crippen molar-refractivity contribution in [3.05, 3.63) is 59.2 Å². The topological polar surface area (TPSA) is 38.3 Å². The van der Waals surface area contributed by atoms with Crippen LogP contribution >= 0.6 is 11.8 Å². The smallest absolute Gasteiger partial charge is 0.234 e. The molecule has 1 N–H and O–H groups in total. The molecule has 1 amide bonds. The quantitative estimate of drug-likeness (QED) is 0.772. The number of thioether (sulfide) groups is 1. The first-order valence-corrected chi connectivity index (χ1v) is 9.29. The SMILES string of the molecule is Cc1cc(C)cc(CSCC(=O)Nc2ccc(OC(C)C)cc2)c1. The fourth-order valence-corrected chi connectivity index (χ4v) is 3.26. The lowest BCUT2D eigenvalue weighted by Gasteiger charge is -2.10. The monoisotopic (exact) mass is 343 g/mol. The molecule has 0 aliphatic rings. The Balaban J connectivity index is 1.78. The number of hydrogen-bond acceptors (Lipinski definition) is 3. The summed E-state index contributed by atoms with van der Waals surface area (Å²) < 4.78 is 5.59. The van der Waals surface area contributed by atoms with Gasteiger partial charge in [0.25, 0.3) is 0 Å². The van der Waals surface area contributed by atoms with Crippen LogP contribution in [0.15, 0.2) is 42.5 Å². The Morgan fingerprint density at radius 2 is 1.71 bits per heavy atom. The maximum atomic E-state index is 12.0. The number of rotatable bonds is 7. The summed E-state index contributed by atoms with van der Waals surface area (Å²) >= 11 is 1.63. The highest BCUT2D eigenvalue weighted by Crippen LogP contribution is 2.18. The number of benzene rings is 2. The highest BCUT2D eigenvalue weighted by molar-refractivity contribution is 7.99. The lowest BCUT2D eigenvalue weighted by Crippen LogP contribution is -2.14. The van der Waals surface area contributed by atoms with Crippen LogP contribution in [0.2, 0.25) is 0 Å². The molecule has 0 saturated heterocycles. The Kier molecular flexibility index (Phi) is 6.73. The second kappa shape index (κ2) is 8.78. The van der Waals surface area contributed by atoms with E-state index in [1.807, 2.05) is 38.1 Å². The van der Waals surface area contributed by atoms with Crippen molar-refractivity contribution < 1.29 is 9.53 Å². The Labute approximate surface area is 148 Å². The van der Waals surface area contributed by atoms with Gasteiger partial charge in [0.2, 0.25) is 5.91 Å². The third kappa shape index (κ3) is 6.28. The summed E-state index contributed by atoms with van der Waals surface area (Å²) in [7, 11) is 0. The van der Waals surface area contributed by atoms with Gasteiger partial charge in [0.1, 0.15) is 5.75 Å². The molecule has 0 radical (unpaired) electrons. The first kappa shape index (κ1) is 18.4. The van der Waals surface area contributed by atoms with Gasteiger partial charge in [-0.15, -0.1) is 11.8 Å². The van der Waals surface area contributed by atoms with Crippen LogP contribution in [-0.2, 0) is 10.5 Å². The van der Waals surface area contributed by atoms with Gasteiger partial charge in [-0.2, -0.15) is 0 Å². The van der Waals surface area contributed by atoms with E-state index in [0.29, 0.717) is 5.75 Å². The third-order valence-corrected chi connectivity index (χ3v) is 4.30. The maximum Gasteiger partial charge on any atom is 0.234 e. The van der Waals surface area contributed by atoms with Crippen LogP contribution < -0.4 is 10.1 Å². The first-order valence-electron chi connectivity index (χ1n) is 8.14. The molecule has 0 heterocycles. The Morgan fingerprint density at radius 1 is 1.08 bits per heavy atom. The molecule has 2 aromatic carbocycles. The molecule has 2 aromatic rings. The van der Waals surface area contributed by atoms with E-state index in [1.54, 1.807) is 11.8 Å². The van der Waals surface area contributed by atoms with Crippen molar-refractivity contribution in [1.82, 2.24) is 0 Å². The molecular weight excluding hydrogens is 318 g/mol. The minimum Gasteiger partial charge on any atom is -0.491 e. The summed E-state index contributed by atoms with van der Waals surface area (Å²) in [4.78, 5) is 12.0. The van der Waals surface area contributed by atoms with Crippen LogP contribution in [0.25, 0.3) is 0 Å². The number of ether oxygens (including phenoxy) is 1. The van der Waals surface area contributed by atoms with Crippen LogP contribution in [0.3, 0.4) is 0 Å². The standard InChI is InChI=1S/C20H25NO2S/c1-14(2)23-19-7-5-18(6-8-19)21-20(22)13-24-12-17-10-15(3)9-16(4)11-17/h5-11,14H,12-13H2,1-4H3,(H,21,22). The van der Waals surface area contributed by atoms with Crippen molar-refractivity contribution in [3.8, 4) is 5.75 Å². The number of carbonyl (C=O) groups excluding carboxylic acids is 1. The van der Waals surface area contributed by atoms with E-state index in [4.69, 9.17) is 4.74 Å². The summed E-state index contributed by atoms with van der Waals surface area (Å²) in [6, 6.07) is 14.0. The normalized spacial score (nSPS) is 10.7. The molecular formula is C20H25NO2S. The molecule has 3 nitrogen and oxygen atoms in total. The highest BCUT2D eigenvalue weighted by Gasteiger charge is 2.05. The molecule has 4 heteroatoms. The summed E-state index contributed by atoms with van der Waals surface area (Å²) in [6.07, 6.45) is 0.145. The Bertz CT molecular complexity index is 660. The van der Waals surface area contributed by atoms with Crippen molar-refractivity contribution >= 4 is 23.4 Å². The fraction of sp³-hybridized carbons (Fsp3) is 0.350. The number of hydrogen-bond donors (Lipinski definition) is 1. The van der Waals surface area contributed by atoms with Crippen molar-refractivity contribution in [2.75, 3.05) is 11.1 Å². The van der Waals surface area contributed by atoms with Crippen LogP contribution in [0.4, 0.5) is 5.69 Å². The predicted molar refractivity (Wildman–Crippen MR) is 103 cm³/mol. The predicted octanol–water partition coefficient (Wildman–Crippen LogP) is 4.96. The van der Waals surface area contributed by atoms with Gasteiger partial charge in [0, 0.05) is 11.4 Å². The van der Waals surface area contributed by atoms with E-state index in [0.717, 1.165) is 17.2 Å². The van der Waals surface area contributed by atoms with Gasteiger partial charge in [-0.05, 0) is 57.5 Å². The molecule has 128 valence electrons. The first-order chi connectivity index (χ1) is 11.4. The molecule has 0 unspecified atom stereocenters. The van der Waals surface area contributed by atoms with E-state index in [-0.39, 0.29) is 12.0 Å². The molecule has 2 rings (SSSR count). The average Bonchev–Trinajstić information content (AvgIpc) is 2.48. The zero-order valence-electron chi connectivity index (χ0n) is 14.8. The molecule has 0 atom stereocenters. The van der Waals surface area contributed by atoms with Crippen LogP contribution in [0.1, 0.15) is 30.5 Å². The Hall–Kier alpha value is -1.94. The molecule has 0 bridgehead atoms. The van der Waals surface area contributed by atoms with E-state index in [1.165, 1.54) is 16.7 Å².